The zero-order valence-corrected chi connectivity index (χ0v) is 16.0. The molecule has 3 aromatic heterocycles. The van der Waals surface area contributed by atoms with Gasteiger partial charge in [-0.1, -0.05) is 6.92 Å². The molecule has 2 aliphatic heterocycles. The summed E-state index contributed by atoms with van der Waals surface area (Å²) >= 11 is 0. The minimum atomic E-state index is -0.0602. The van der Waals surface area contributed by atoms with Gasteiger partial charge in [-0.2, -0.15) is 5.10 Å². The van der Waals surface area contributed by atoms with E-state index in [9.17, 15) is 4.79 Å². The molecule has 5 rings (SSSR count). The number of amides is 1. The van der Waals surface area contributed by atoms with Crippen molar-refractivity contribution in [2.45, 2.75) is 26.8 Å². The minimum absolute atomic E-state index is 0.0602. The second kappa shape index (κ2) is 6.44. The molecule has 5 heterocycles. The van der Waals surface area contributed by atoms with E-state index in [0.29, 0.717) is 23.8 Å². The molecule has 2 aliphatic rings. The van der Waals surface area contributed by atoms with Crippen molar-refractivity contribution in [3.05, 3.63) is 59.7 Å². The quantitative estimate of drug-likeness (QED) is 0.705. The van der Waals surface area contributed by atoms with Crippen LogP contribution in [0.2, 0.25) is 0 Å². The Balaban J connectivity index is 1.37. The van der Waals surface area contributed by atoms with Crippen LogP contribution in [0.15, 0.2) is 42.9 Å². The molecule has 0 spiro atoms. The van der Waals surface area contributed by atoms with Gasteiger partial charge in [-0.15, -0.1) is 0 Å². The van der Waals surface area contributed by atoms with Crippen LogP contribution in [-0.4, -0.2) is 38.7 Å². The van der Waals surface area contributed by atoms with E-state index in [2.05, 4.69) is 26.9 Å². The summed E-state index contributed by atoms with van der Waals surface area (Å²) < 4.78 is 1.74. The molecular formula is C21H22N6O. The van der Waals surface area contributed by atoms with Crippen molar-refractivity contribution in [2.75, 3.05) is 22.9 Å². The predicted octanol–water partition coefficient (Wildman–Crippen LogP) is 2.98. The summed E-state index contributed by atoms with van der Waals surface area (Å²) in [5.74, 6) is 2.32. The molecule has 1 fully saturated rings. The van der Waals surface area contributed by atoms with Crippen LogP contribution in [0.5, 0.6) is 0 Å². The molecule has 0 saturated carbocycles. The first-order valence-corrected chi connectivity index (χ1v) is 9.63. The Kier molecular flexibility index (Phi) is 3.89. The fourth-order valence-corrected chi connectivity index (χ4v) is 3.90. The number of nitrogens with zero attached hydrogens (tertiary/aromatic N) is 6. The molecule has 0 aromatic carbocycles. The summed E-state index contributed by atoms with van der Waals surface area (Å²) in [5.41, 5.74) is 3.33. The van der Waals surface area contributed by atoms with Crippen molar-refractivity contribution in [1.29, 1.82) is 0 Å². The molecule has 3 aromatic rings. The molecule has 7 nitrogen and oxygen atoms in total. The van der Waals surface area contributed by atoms with Gasteiger partial charge in [0.1, 0.15) is 11.6 Å². The van der Waals surface area contributed by atoms with Gasteiger partial charge in [0.25, 0.3) is 5.91 Å². The van der Waals surface area contributed by atoms with Crippen LogP contribution in [0.1, 0.15) is 35.0 Å². The average Bonchev–Trinajstić information content (AvgIpc) is 3.38. The van der Waals surface area contributed by atoms with E-state index >= 15 is 0 Å². The largest absolute Gasteiger partial charge is 0.356 e. The lowest BCUT2D eigenvalue weighted by molar-refractivity contribution is 0.0995. The van der Waals surface area contributed by atoms with Crippen molar-refractivity contribution in [3.8, 4) is 5.69 Å². The van der Waals surface area contributed by atoms with Crippen molar-refractivity contribution in [1.82, 2.24) is 19.7 Å². The summed E-state index contributed by atoms with van der Waals surface area (Å²) in [4.78, 5) is 25.7. The molecule has 0 radical (unpaired) electrons. The van der Waals surface area contributed by atoms with Gasteiger partial charge in [-0.25, -0.2) is 14.6 Å². The van der Waals surface area contributed by atoms with Crippen LogP contribution >= 0.6 is 0 Å². The molecule has 1 atom stereocenters. The number of aromatic nitrogens is 4. The van der Waals surface area contributed by atoms with Gasteiger partial charge in [0.2, 0.25) is 0 Å². The van der Waals surface area contributed by atoms with Gasteiger partial charge in [0.15, 0.2) is 0 Å². The maximum atomic E-state index is 12.8. The summed E-state index contributed by atoms with van der Waals surface area (Å²) in [6.07, 6.45) is 6.56. The Bertz CT molecular complexity index is 1040. The first-order chi connectivity index (χ1) is 13.6. The fraction of sp³-hybridized carbons (Fsp3) is 0.333. The van der Waals surface area contributed by atoms with Crippen molar-refractivity contribution >= 4 is 17.5 Å². The Morgan fingerprint density at radius 2 is 2.04 bits per heavy atom. The first-order valence-electron chi connectivity index (χ1n) is 9.63. The highest BCUT2D eigenvalue weighted by Crippen LogP contribution is 2.28. The Morgan fingerprint density at radius 3 is 2.71 bits per heavy atom. The second-order valence-corrected chi connectivity index (χ2v) is 7.73. The molecule has 1 saturated heterocycles. The van der Waals surface area contributed by atoms with Crippen LogP contribution in [0.25, 0.3) is 5.69 Å². The molecule has 7 heteroatoms. The van der Waals surface area contributed by atoms with E-state index in [1.54, 1.807) is 22.0 Å². The minimum Gasteiger partial charge on any atom is -0.356 e. The maximum absolute atomic E-state index is 12.8. The summed E-state index contributed by atoms with van der Waals surface area (Å²) in [7, 11) is 0. The third kappa shape index (κ3) is 2.83. The third-order valence-electron chi connectivity index (χ3n) is 5.50. The molecule has 1 amide bonds. The number of rotatable bonds is 3. The van der Waals surface area contributed by atoms with Crippen LogP contribution in [-0.2, 0) is 6.54 Å². The van der Waals surface area contributed by atoms with Gasteiger partial charge in [0, 0.05) is 25.5 Å². The van der Waals surface area contributed by atoms with Crippen LogP contribution in [0.3, 0.4) is 0 Å². The van der Waals surface area contributed by atoms with Gasteiger partial charge in [-0.05, 0) is 49.1 Å². The van der Waals surface area contributed by atoms with Crippen molar-refractivity contribution < 1.29 is 4.79 Å². The highest BCUT2D eigenvalue weighted by molar-refractivity contribution is 6.09. The molecule has 0 unspecified atom stereocenters. The topological polar surface area (TPSA) is 67.2 Å². The van der Waals surface area contributed by atoms with Crippen LogP contribution < -0.4 is 9.80 Å². The number of aryl methyl sites for hydroxylation is 1. The van der Waals surface area contributed by atoms with Gasteiger partial charge >= 0.3 is 0 Å². The van der Waals surface area contributed by atoms with Crippen molar-refractivity contribution in [2.24, 2.45) is 5.92 Å². The van der Waals surface area contributed by atoms with E-state index in [-0.39, 0.29) is 5.91 Å². The van der Waals surface area contributed by atoms with E-state index in [1.807, 2.05) is 37.4 Å². The van der Waals surface area contributed by atoms with E-state index in [0.717, 1.165) is 35.9 Å². The molecule has 28 heavy (non-hydrogen) atoms. The van der Waals surface area contributed by atoms with E-state index in [1.165, 1.54) is 6.42 Å². The van der Waals surface area contributed by atoms with Crippen LogP contribution in [0.4, 0.5) is 11.6 Å². The van der Waals surface area contributed by atoms with E-state index < -0.39 is 0 Å². The maximum Gasteiger partial charge on any atom is 0.263 e. The number of fused-ring (bicyclic) bond motifs is 1. The number of anilines is 2. The lowest BCUT2D eigenvalue weighted by Crippen LogP contribution is -2.24. The standard InChI is InChI=1S/C21H22N6O/c1-14-5-7-22-20(9-14)26-13-18-17(21(26)28)12-27(24-18)16-3-4-19(23-10-16)25-8-6-15(2)11-25/h3-5,7,9-10,12,15H,6,8,11,13H2,1-2H3/t15-/m0/s1. The van der Waals surface area contributed by atoms with Crippen LogP contribution in [0, 0.1) is 12.8 Å². The highest BCUT2D eigenvalue weighted by atomic mass is 16.2. The fourth-order valence-electron chi connectivity index (χ4n) is 3.90. The number of carbonyl (C=O) groups excluding carboxylic acids is 1. The predicted molar refractivity (Wildman–Crippen MR) is 107 cm³/mol. The first kappa shape index (κ1) is 16.9. The molecule has 0 bridgehead atoms. The average molecular weight is 374 g/mol. The number of carbonyl (C=O) groups is 1. The molecule has 0 N–H and O–H groups in total. The van der Waals surface area contributed by atoms with Gasteiger partial charge < -0.3 is 4.90 Å². The van der Waals surface area contributed by atoms with Gasteiger partial charge in [0.05, 0.1) is 29.7 Å². The van der Waals surface area contributed by atoms with E-state index in [4.69, 9.17) is 0 Å². The zero-order chi connectivity index (χ0) is 19.3. The second-order valence-electron chi connectivity index (χ2n) is 7.73. The summed E-state index contributed by atoms with van der Waals surface area (Å²) in [5, 5.41) is 4.62. The molecule has 0 aliphatic carbocycles. The normalized spacial score (nSPS) is 18.8. The number of pyridine rings is 2. The lowest BCUT2D eigenvalue weighted by atomic mass is 10.2. The Hall–Kier alpha value is -3.22. The summed E-state index contributed by atoms with van der Waals surface area (Å²) in [6, 6.07) is 7.88. The smallest absolute Gasteiger partial charge is 0.263 e. The number of hydrogen-bond acceptors (Lipinski definition) is 5. The Morgan fingerprint density at radius 1 is 1.14 bits per heavy atom. The van der Waals surface area contributed by atoms with Gasteiger partial charge in [-0.3, -0.25) is 9.69 Å². The monoisotopic (exact) mass is 374 g/mol. The summed E-state index contributed by atoms with van der Waals surface area (Å²) in [6.45, 7) is 6.81. The number of hydrogen-bond donors (Lipinski definition) is 0. The third-order valence-corrected chi connectivity index (χ3v) is 5.50. The molecule has 142 valence electrons. The molecular weight excluding hydrogens is 352 g/mol. The Labute approximate surface area is 163 Å². The van der Waals surface area contributed by atoms with Crippen molar-refractivity contribution in [3.63, 3.8) is 0 Å². The highest BCUT2D eigenvalue weighted by Gasteiger charge is 2.32. The lowest BCUT2D eigenvalue weighted by Gasteiger charge is -2.17. The SMILES string of the molecule is Cc1ccnc(N2Cc3nn(-c4ccc(N5CC[C@H](C)C5)nc4)cc3C2=O)c1. The zero-order valence-electron chi connectivity index (χ0n) is 16.0.